The van der Waals surface area contributed by atoms with E-state index in [0.29, 0.717) is 5.02 Å². The molecule has 3 heteroatoms. The first kappa shape index (κ1) is 10.4. The molecule has 0 heterocycles. The van der Waals surface area contributed by atoms with Crippen LogP contribution in [-0.4, -0.2) is 11.4 Å². The summed E-state index contributed by atoms with van der Waals surface area (Å²) in [6.07, 6.45) is 5.08. The number of hydrogen-bond donors (Lipinski definition) is 0. The molecular formula is C10H9ClOS. The van der Waals surface area contributed by atoms with Gasteiger partial charge >= 0.3 is 0 Å². The van der Waals surface area contributed by atoms with Crippen molar-refractivity contribution in [1.29, 1.82) is 0 Å². The molecule has 0 amide bonds. The maximum Gasteiger partial charge on any atom is 0.211 e. The third-order valence-corrected chi connectivity index (χ3v) is 2.27. The SMILES string of the molecule is CSC(=O)/C=C/c1ccc(Cl)cc1. The number of halogens is 1. The molecule has 0 aromatic heterocycles. The lowest BCUT2D eigenvalue weighted by molar-refractivity contribution is -0.106. The van der Waals surface area contributed by atoms with Gasteiger partial charge in [-0.2, -0.15) is 0 Å². The zero-order chi connectivity index (χ0) is 9.68. The van der Waals surface area contributed by atoms with E-state index in [1.807, 2.05) is 12.1 Å². The highest BCUT2D eigenvalue weighted by atomic mass is 35.5. The second-order valence-corrected chi connectivity index (χ2v) is 3.66. The molecule has 0 N–H and O–H groups in total. The number of hydrogen-bond acceptors (Lipinski definition) is 2. The molecule has 1 rings (SSSR count). The van der Waals surface area contributed by atoms with E-state index in [-0.39, 0.29) is 5.12 Å². The van der Waals surface area contributed by atoms with Gasteiger partial charge in [-0.05, 0) is 30.0 Å². The zero-order valence-corrected chi connectivity index (χ0v) is 8.73. The summed E-state index contributed by atoms with van der Waals surface area (Å²) in [5.74, 6) is 0. The van der Waals surface area contributed by atoms with Gasteiger partial charge in [-0.25, -0.2) is 0 Å². The zero-order valence-electron chi connectivity index (χ0n) is 7.16. The summed E-state index contributed by atoms with van der Waals surface area (Å²) in [7, 11) is 0. The highest BCUT2D eigenvalue weighted by molar-refractivity contribution is 8.13. The van der Waals surface area contributed by atoms with Crippen molar-refractivity contribution in [2.24, 2.45) is 0 Å². The van der Waals surface area contributed by atoms with Crippen LogP contribution in [-0.2, 0) is 4.79 Å². The third-order valence-electron chi connectivity index (χ3n) is 1.48. The van der Waals surface area contributed by atoms with Crippen molar-refractivity contribution in [2.75, 3.05) is 6.26 Å². The Kier molecular flexibility index (Phi) is 4.06. The first-order chi connectivity index (χ1) is 6.22. The lowest BCUT2D eigenvalue weighted by atomic mass is 10.2. The molecule has 0 unspecified atom stereocenters. The first-order valence-electron chi connectivity index (χ1n) is 3.74. The van der Waals surface area contributed by atoms with E-state index < -0.39 is 0 Å². The minimum absolute atomic E-state index is 0.0509. The summed E-state index contributed by atoms with van der Waals surface area (Å²) in [5, 5.41) is 0.753. The van der Waals surface area contributed by atoms with Crippen LogP contribution in [0, 0.1) is 0 Å². The van der Waals surface area contributed by atoms with Gasteiger partial charge in [0.05, 0.1) is 0 Å². The Morgan fingerprint density at radius 1 is 1.38 bits per heavy atom. The van der Waals surface area contributed by atoms with Gasteiger partial charge in [-0.3, -0.25) is 4.79 Å². The molecular weight excluding hydrogens is 204 g/mol. The normalized spacial score (nSPS) is 10.6. The van der Waals surface area contributed by atoms with Crippen LogP contribution in [0.25, 0.3) is 6.08 Å². The Balaban J connectivity index is 2.69. The van der Waals surface area contributed by atoms with Crippen LogP contribution in [0.4, 0.5) is 0 Å². The van der Waals surface area contributed by atoms with Crippen LogP contribution in [0.5, 0.6) is 0 Å². The maximum absolute atomic E-state index is 10.9. The fourth-order valence-electron chi connectivity index (χ4n) is 0.806. The summed E-state index contributed by atoms with van der Waals surface area (Å²) in [4.78, 5) is 10.9. The third kappa shape index (κ3) is 3.66. The largest absolute Gasteiger partial charge is 0.282 e. The Morgan fingerprint density at radius 2 is 2.00 bits per heavy atom. The van der Waals surface area contributed by atoms with Gasteiger partial charge in [-0.1, -0.05) is 41.6 Å². The van der Waals surface area contributed by atoms with Crippen LogP contribution in [0.15, 0.2) is 30.3 Å². The molecule has 1 aromatic carbocycles. The Labute approximate surface area is 86.8 Å². The topological polar surface area (TPSA) is 17.1 Å². The van der Waals surface area contributed by atoms with Crippen LogP contribution in [0.1, 0.15) is 5.56 Å². The summed E-state index contributed by atoms with van der Waals surface area (Å²) in [6.45, 7) is 0. The number of thioether (sulfide) groups is 1. The number of carbonyl (C=O) groups excluding carboxylic acids is 1. The van der Waals surface area contributed by atoms with E-state index in [0.717, 1.165) is 5.56 Å². The predicted octanol–water partition coefficient (Wildman–Crippen LogP) is 3.24. The predicted molar refractivity (Wildman–Crippen MR) is 59.0 cm³/mol. The summed E-state index contributed by atoms with van der Waals surface area (Å²) in [6, 6.07) is 7.33. The molecule has 13 heavy (non-hydrogen) atoms. The summed E-state index contributed by atoms with van der Waals surface area (Å²) >= 11 is 6.90. The van der Waals surface area contributed by atoms with Gasteiger partial charge in [0.15, 0.2) is 0 Å². The molecule has 0 aliphatic carbocycles. The van der Waals surface area contributed by atoms with Crippen LogP contribution >= 0.6 is 23.4 Å². The maximum atomic E-state index is 10.9. The molecule has 1 aromatic rings. The van der Waals surface area contributed by atoms with Crippen molar-refractivity contribution < 1.29 is 4.79 Å². The number of benzene rings is 1. The van der Waals surface area contributed by atoms with E-state index in [2.05, 4.69) is 0 Å². The van der Waals surface area contributed by atoms with Crippen molar-refractivity contribution >= 4 is 34.6 Å². The molecule has 0 aliphatic rings. The van der Waals surface area contributed by atoms with Gasteiger partial charge in [0.25, 0.3) is 0 Å². The van der Waals surface area contributed by atoms with Crippen LogP contribution in [0.2, 0.25) is 5.02 Å². The van der Waals surface area contributed by atoms with Gasteiger partial charge < -0.3 is 0 Å². The summed E-state index contributed by atoms with van der Waals surface area (Å²) < 4.78 is 0. The molecule has 0 atom stereocenters. The molecule has 0 fully saturated rings. The summed E-state index contributed by atoms with van der Waals surface area (Å²) in [5.41, 5.74) is 0.979. The van der Waals surface area contributed by atoms with Crippen molar-refractivity contribution in [2.45, 2.75) is 0 Å². The fourth-order valence-corrected chi connectivity index (χ4v) is 1.14. The highest BCUT2D eigenvalue weighted by Crippen LogP contribution is 2.11. The smallest absolute Gasteiger partial charge is 0.211 e. The van der Waals surface area contributed by atoms with E-state index >= 15 is 0 Å². The average Bonchev–Trinajstić information content (AvgIpc) is 2.16. The van der Waals surface area contributed by atoms with Crippen molar-refractivity contribution in [3.63, 3.8) is 0 Å². The molecule has 0 bridgehead atoms. The standard InChI is InChI=1S/C10H9ClOS/c1-13-10(12)7-4-8-2-5-9(11)6-3-8/h2-7H,1H3/b7-4+. The molecule has 0 saturated heterocycles. The van der Waals surface area contributed by atoms with Gasteiger partial charge in [-0.15, -0.1) is 0 Å². The van der Waals surface area contributed by atoms with E-state index in [1.165, 1.54) is 11.8 Å². The van der Waals surface area contributed by atoms with Crippen molar-refractivity contribution in [3.8, 4) is 0 Å². The molecule has 0 saturated carbocycles. The fraction of sp³-hybridized carbons (Fsp3) is 0.100. The van der Waals surface area contributed by atoms with Crippen LogP contribution in [0.3, 0.4) is 0 Å². The van der Waals surface area contributed by atoms with Crippen molar-refractivity contribution in [3.05, 3.63) is 40.9 Å². The molecule has 0 radical (unpaired) electrons. The van der Waals surface area contributed by atoms with E-state index in [1.54, 1.807) is 30.5 Å². The minimum Gasteiger partial charge on any atom is -0.282 e. The van der Waals surface area contributed by atoms with Gasteiger partial charge in [0.1, 0.15) is 0 Å². The quantitative estimate of drug-likeness (QED) is 0.701. The Hall–Kier alpha value is -0.730. The van der Waals surface area contributed by atoms with Gasteiger partial charge in [0, 0.05) is 5.02 Å². The van der Waals surface area contributed by atoms with Gasteiger partial charge in [0.2, 0.25) is 5.12 Å². The molecule has 68 valence electrons. The first-order valence-corrected chi connectivity index (χ1v) is 5.34. The molecule has 0 aliphatic heterocycles. The number of carbonyl (C=O) groups is 1. The van der Waals surface area contributed by atoms with Crippen molar-refractivity contribution in [1.82, 2.24) is 0 Å². The lowest BCUT2D eigenvalue weighted by Crippen LogP contribution is -1.80. The lowest BCUT2D eigenvalue weighted by Gasteiger charge is -1.92. The molecule has 1 nitrogen and oxygen atoms in total. The minimum atomic E-state index is 0.0509. The van der Waals surface area contributed by atoms with E-state index in [4.69, 9.17) is 11.6 Å². The number of rotatable bonds is 2. The van der Waals surface area contributed by atoms with Crippen LogP contribution < -0.4 is 0 Å². The Bertz CT molecular complexity index is 316. The van der Waals surface area contributed by atoms with E-state index in [9.17, 15) is 4.79 Å². The second-order valence-electron chi connectivity index (χ2n) is 2.41. The average molecular weight is 213 g/mol. The molecule has 0 spiro atoms. The highest BCUT2D eigenvalue weighted by Gasteiger charge is 1.91. The Morgan fingerprint density at radius 3 is 2.54 bits per heavy atom. The monoisotopic (exact) mass is 212 g/mol. The second kappa shape index (κ2) is 5.10.